The second-order valence-electron chi connectivity index (χ2n) is 5.29. The van der Waals surface area contributed by atoms with Crippen molar-refractivity contribution in [2.45, 2.75) is 31.8 Å². The number of amides is 2. The first kappa shape index (κ1) is 15.5. The molecule has 2 rings (SSSR count). The summed E-state index contributed by atoms with van der Waals surface area (Å²) in [6.45, 7) is 1.26. The maximum absolute atomic E-state index is 12.2. The molecule has 114 valence electrons. The molecule has 2 amide bonds. The van der Waals surface area contributed by atoms with Gasteiger partial charge < -0.3 is 16.8 Å². The molecule has 1 saturated heterocycles. The highest BCUT2D eigenvalue weighted by atomic mass is 16.2. The van der Waals surface area contributed by atoms with Crippen molar-refractivity contribution in [3.05, 3.63) is 29.8 Å². The van der Waals surface area contributed by atoms with Crippen LogP contribution in [-0.2, 0) is 16.1 Å². The fraction of sp³-hybridized carbons (Fsp3) is 0.467. The summed E-state index contributed by atoms with van der Waals surface area (Å²) >= 11 is 0. The molecule has 1 aliphatic heterocycles. The van der Waals surface area contributed by atoms with Crippen LogP contribution in [0.15, 0.2) is 24.3 Å². The lowest BCUT2D eigenvalue weighted by Crippen LogP contribution is -2.50. The van der Waals surface area contributed by atoms with Gasteiger partial charge in [-0.2, -0.15) is 0 Å². The van der Waals surface area contributed by atoms with E-state index in [9.17, 15) is 9.59 Å². The fourth-order valence-corrected chi connectivity index (χ4v) is 2.70. The Balaban J connectivity index is 1.99. The Morgan fingerprint density at radius 3 is 2.76 bits per heavy atom. The van der Waals surface area contributed by atoms with E-state index in [2.05, 4.69) is 5.32 Å². The number of piperidine rings is 1. The van der Waals surface area contributed by atoms with Crippen molar-refractivity contribution in [3.8, 4) is 0 Å². The zero-order valence-electron chi connectivity index (χ0n) is 12.0. The highest BCUT2D eigenvalue weighted by molar-refractivity contribution is 5.93. The van der Waals surface area contributed by atoms with Crippen LogP contribution in [0.3, 0.4) is 0 Å². The van der Waals surface area contributed by atoms with E-state index >= 15 is 0 Å². The van der Waals surface area contributed by atoms with Gasteiger partial charge in [0, 0.05) is 12.2 Å². The van der Waals surface area contributed by atoms with Gasteiger partial charge in [-0.25, -0.2) is 0 Å². The number of primary amides is 1. The van der Waals surface area contributed by atoms with Crippen LogP contribution in [0.5, 0.6) is 0 Å². The van der Waals surface area contributed by atoms with E-state index < -0.39 is 0 Å². The van der Waals surface area contributed by atoms with Gasteiger partial charge >= 0.3 is 0 Å². The number of anilines is 1. The van der Waals surface area contributed by atoms with E-state index in [0.29, 0.717) is 6.54 Å². The summed E-state index contributed by atoms with van der Waals surface area (Å²) in [5.74, 6) is -0.506. The average molecular weight is 290 g/mol. The van der Waals surface area contributed by atoms with E-state index in [0.717, 1.165) is 37.1 Å². The molecule has 6 heteroatoms. The number of para-hydroxylation sites is 1. The maximum Gasteiger partial charge on any atom is 0.238 e. The molecule has 1 unspecified atom stereocenters. The summed E-state index contributed by atoms with van der Waals surface area (Å²) < 4.78 is 0. The average Bonchev–Trinajstić information content (AvgIpc) is 2.48. The van der Waals surface area contributed by atoms with Crippen molar-refractivity contribution in [3.63, 3.8) is 0 Å². The molecule has 6 nitrogen and oxygen atoms in total. The Labute approximate surface area is 124 Å². The van der Waals surface area contributed by atoms with Gasteiger partial charge in [0.1, 0.15) is 0 Å². The molecular weight excluding hydrogens is 268 g/mol. The lowest BCUT2D eigenvalue weighted by Gasteiger charge is -2.32. The van der Waals surface area contributed by atoms with Crippen LogP contribution in [0.4, 0.5) is 5.69 Å². The van der Waals surface area contributed by atoms with Gasteiger partial charge in [0.25, 0.3) is 0 Å². The molecule has 1 atom stereocenters. The Morgan fingerprint density at radius 2 is 2.05 bits per heavy atom. The minimum Gasteiger partial charge on any atom is -0.368 e. The predicted octanol–water partition coefficient (Wildman–Crippen LogP) is 0.424. The van der Waals surface area contributed by atoms with Crippen molar-refractivity contribution in [1.82, 2.24) is 4.90 Å². The number of nitrogens with zero attached hydrogens (tertiary/aromatic N) is 1. The van der Waals surface area contributed by atoms with Gasteiger partial charge in [0.2, 0.25) is 11.8 Å². The monoisotopic (exact) mass is 290 g/mol. The minimum absolute atomic E-state index is 0.149. The number of hydrogen-bond acceptors (Lipinski definition) is 4. The fourth-order valence-electron chi connectivity index (χ4n) is 2.70. The van der Waals surface area contributed by atoms with E-state index in [1.54, 1.807) is 0 Å². The van der Waals surface area contributed by atoms with Gasteiger partial charge in [-0.05, 0) is 31.0 Å². The smallest absolute Gasteiger partial charge is 0.238 e. The van der Waals surface area contributed by atoms with Crippen molar-refractivity contribution in [2.75, 3.05) is 18.4 Å². The Hall–Kier alpha value is -1.92. The number of benzene rings is 1. The Morgan fingerprint density at radius 1 is 1.29 bits per heavy atom. The standard InChI is InChI=1S/C15H22N4O2/c16-9-11-5-1-2-6-12(11)18-14(20)10-19-8-4-3-7-13(19)15(17)21/h1-2,5-6,13H,3-4,7-10,16H2,(H2,17,21)(H,18,20). The summed E-state index contributed by atoms with van der Waals surface area (Å²) in [4.78, 5) is 25.5. The van der Waals surface area contributed by atoms with Gasteiger partial charge in [0.15, 0.2) is 0 Å². The van der Waals surface area contributed by atoms with Crippen molar-refractivity contribution >= 4 is 17.5 Å². The minimum atomic E-state index is -0.357. The number of nitrogens with one attached hydrogen (secondary N) is 1. The molecule has 0 spiro atoms. The normalized spacial score (nSPS) is 19.2. The molecule has 0 aliphatic carbocycles. The van der Waals surface area contributed by atoms with Crippen LogP contribution < -0.4 is 16.8 Å². The number of rotatable bonds is 5. The second-order valence-corrected chi connectivity index (χ2v) is 5.29. The van der Waals surface area contributed by atoms with Crippen molar-refractivity contribution in [2.24, 2.45) is 11.5 Å². The summed E-state index contributed by atoms with van der Waals surface area (Å²) in [6, 6.07) is 7.09. The Bertz CT molecular complexity index is 518. The largest absolute Gasteiger partial charge is 0.368 e. The van der Waals surface area contributed by atoms with Gasteiger partial charge in [-0.15, -0.1) is 0 Å². The topological polar surface area (TPSA) is 101 Å². The van der Waals surface area contributed by atoms with Crippen LogP contribution in [0.1, 0.15) is 24.8 Å². The summed E-state index contributed by atoms with van der Waals surface area (Å²) in [7, 11) is 0. The number of hydrogen-bond donors (Lipinski definition) is 3. The molecule has 0 saturated carbocycles. The van der Waals surface area contributed by atoms with E-state index in [4.69, 9.17) is 11.5 Å². The van der Waals surface area contributed by atoms with Crippen LogP contribution in [-0.4, -0.2) is 35.8 Å². The Kier molecular flexibility index (Phi) is 5.30. The number of nitrogens with two attached hydrogens (primary N) is 2. The molecule has 0 bridgehead atoms. The zero-order valence-corrected chi connectivity index (χ0v) is 12.0. The SMILES string of the molecule is NCc1ccccc1NC(=O)CN1CCCCC1C(N)=O. The third-order valence-corrected chi connectivity index (χ3v) is 3.80. The molecule has 0 aromatic heterocycles. The second kappa shape index (κ2) is 7.19. The third-order valence-electron chi connectivity index (χ3n) is 3.80. The van der Waals surface area contributed by atoms with Crippen LogP contribution in [0.2, 0.25) is 0 Å². The number of carbonyl (C=O) groups is 2. The first-order valence-electron chi connectivity index (χ1n) is 7.23. The molecule has 1 aromatic carbocycles. The molecule has 5 N–H and O–H groups in total. The first-order valence-corrected chi connectivity index (χ1v) is 7.23. The molecule has 1 aromatic rings. The van der Waals surface area contributed by atoms with Gasteiger partial charge in [-0.3, -0.25) is 14.5 Å². The molecule has 21 heavy (non-hydrogen) atoms. The molecule has 1 fully saturated rings. The van der Waals surface area contributed by atoms with Crippen molar-refractivity contribution < 1.29 is 9.59 Å². The summed E-state index contributed by atoms with van der Waals surface area (Å²) in [5, 5.41) is 2.86. The summed E-state index contributed by atoms with van der Waals surface area (Å²) in [5.41, 5.74) is 12.7. The lowest BCUT2D eigenvalue weighted by atomic mass is 10.0. The van der Waals surface area contributed by atoms with Gasteiger partial charge in [0.05, 0.1) is 12.6 Å². The number of likely N-dealkylation sites (tertiary alicyclic amines) is 1. The van der Waals surface area contributed by atoms with Crippen LogP contribution in [0.25, 0.3) is 0 Å². The number of carbonyl (C=O) groups excluding carboxylic acids is 2. The zero-order chi connectivity index (χ0) is 15.2. The quantitative estimate of drug-likeness (QED) is 0.731. The van der Waals surface area contributed by atoms with Gasteiger partial charge in [-0.1, -0.05) is 24.6 Å². The molecule has 0 radical (unpaired) electrons. The highest BCUT2D eigenvalue weighted by Gasteiger charge is 2.28. The maximum atomic E-state index is 12.2. The lowest BCUT2D eigenvalue weighted by molar-refractivity contribution is -0.126. The van der Waals surface area contributed by atoms with Crippen LogP contribution >= 0.6 is 0 Å². The van der Waals surface area contributed by atoms with E-state index in [1.807, 2.05) is 29.2 Å². The van der Waals surface area contributed by atoms with Crippen molar-refractivity contribution in [1.29, 1.82) is 0 Å². The van der Waals surface area contributed by atoms with E-state index in [-0.39, 0.29) is 24.4 Å². The molecule has 1 heterocycles. The highest BCUT2D eigenvalue weighted by Crippen LogP contribution is 2.18. The summed E-state index contributed by atoms with van der Waals surface area (Å²) in [6.07, 6.45) is 2.68. The predicted molar refractivity (Wildman–Crippen MR) is 81.4 cm³/mol. The first-order chi connectivity index (χ1) is 10.1. The molecular formula is C15H22N4O2. The third kappa shape index (κ3) is 4.03. The van der Waals surface area contributed by atoms with E-state index in [1.165, 1.54) is 0 Å². The van der Waals surface area contributed by atoms with Crippen LogP contribution in [0, 0.1) is 0 Å². The molecule has 1 aliphatic rings.